The van der Waals surface area contributed by atoms with E-state index in [2.05, 4.69) is 4.98 Å². The van der Waals surface area contributed by atoms with Crippen molar-refractivity contribution in [2.24, 2.45) is 5.92 Å². The Morgan fingerprint density at radius 1 is 1.27 bits per heavy atom. The van der Waals surface area contributed by atoms with Crippen molar-refractivity contribution in [1.82, 2.24) is 10.3 Å². The maximum Gasteiger partial charge on any atom is 0.424 e. The van der Waals surface area contributed by atoms with E-state index in [4.69, 9.17) is 5.11 Å². The van der Waals surface area contributed by atoms with E-state index in [-0.39, 0.29) is 5.52 Å². The topological polar surface area (TPSA) is 99.5 Å². The predicted molar refractivity (Wildman–Crippen MR) is 88.6 cm³/mol. The number of carboxylic acids is 1. The summed E-state index contributed by atoms with van der Waals surface area (Å²) in [4.78, 5) is 27.0. The van der Waals surface area contributed by atoms with Gasteiger partial charge in [0.25, 0.3) is 0 Å². The van der Waals surface area contributed by atoms with Gasteiger partial charge >= 0.3 is 12.1 Å². The molecule has 0 saturated heterocycles. The van der Waals surface area contributed by atoms with Gasteiger partial charge in [-0.05, 0) is 18.1 Å². The van der Waals surface area contributed by atoms with E-state index in [0.717, 1.165) is 0 Å². The van der Waals surface area contributed by atoms with Crippen LogP contribution in [0.2, 0.25) is 0 Å². The van der Waals surface area contributed by atoms with Crippen LogP contribution in [-0.2, 0) is 15.2 Å². The second kappa shape index (κ2) is 7.20. The van der Waals surface area contributed by atoms with Crippen molar-refractivity contribution in [2.75, 3.05) is 0 Å². The first-order chi connectivity index (χ1) is 12.0. The van der Waals surface area contributed by atoms with Crippen LogP contribution < -0.4 is 5.32 Å². The van der Waals surface area contributed by atoms with Crippen molar-refractivity contribution in [3.63, 3.8) is 0 Å². The fraction of sp³-hybridized carbons (Fsp3) is 0.438. The number of nitrogens with zero attached hydrogens (tertiary/aromatic N) is 1. The quantitative estimate of drug-likeness (QED) is 0.704. The van der Waals surface area contributed by atoms with Gasteiger partial charge in [0.05, 0.1) is 16.6 Å². The molecule has 0 radical (unpaired) electrons. The van der Waals surface area contributed by atoms with E-state index in [0.29, 0.717) is 16.0 Å². The Morgan fingerprint density at radius 2 is 1.88 bits per heavy atom. The molecule has 2 atom stereocenters. The number of alkyl halides is 3. The first kappa shape index (κ1) is 20.1. The number of hydrogen-bond donors (Lipinski definition) is 3. The lowest BCUT2D eigenvalue weighted by atomic mass is 9.98. The fourth-order valence-electron chi connectivity index (χ4n) is 2.32. The van der Waals surface area contributed by atoms with Gasteiger partial charge < -0.3 is 15.5 Å². The fourth-order valence-corrected chi connectivity index (χ4v) is 3.39. The number of carbonyl (C=O) groups excluding carboxylic acids is 1. The maximum absolute atomic E-state index is 13.6. The monoisotopic (exact) mass is 390 g/mol. The molecule has 2 aromatic rings. The third-order valence-corrected chi connectivity index (χ3v) is 4.97. The van der Waals surface area contributed by atoms with Gasteiger partial charge in [-0.3, -0.25) is 4.79 Å². The number of para-hydroxylation sites is 1. The van der Waals surface area contributed by atoms with Gasteiger partial charge in [-0.15, -0.1) is 11.3 Å². The summed E-state index contributed by atoms with van der Waals surface area (Å²) in [6.07, 6.45) is -6.55. The molecule has 2 unspecified atom stereocenters. The van der Waals surface area contributed by atoms with E-state index in [1.165, 1.54) is 19.9 Å². The molecule has 1 amide bonds. The van der Waals surface area contributed by atoms with Gasteiger partial charge in [-0.2, -0.15) is 13.2 Å². The maximum atomic E-state index is 13.6. The summed E-state index contributed by atoms with van der Waals surface area (Å²) in [5, 5.41) is 20.7. The number of aliphatic hydroxyl groups is 1. The van der Waals surface area contributed by atoms with Crippen LogP contribution in [0.4, 0.5) is 13.2 Å². The second-order valence-electron chi connectivity index (χ2n) is 6.15. The van der Waals surface area contributed by atoms with Crippen LogP contribution in [0.3, 0.4) is 0 Å². The van der Waals surface area contributed by atoms with Crippen molar-refractivity contribution in [2.45, 2.75) is 38.1 Å². The molecule has 1 aromatic carbocycles. The lowest BCUT2D eigenvalue weighted by Gasteiger charge is -2.28. The number of carboxylic acid groups (broad SMARTS) is 1. The number of aromatic nitrogens is 1. The molecule has 10 heteroatoms. The molecule has 0 fully saturated rings. The highest BCUT2D eigenvalue weighted by atomic mass is 32.1. The number of halogens is 3. The highest BCUT2D eigenvalue weighted by molar-refractivity contribution is 7.18. The number of thiazole rings is 1. The minimum absolute atomic E-state index is 0.265. The van der Waals surface area contributed by atoms with Gasteiger partial charge in [-0.1, -0.05) is 26.0 Å². The van der Waals surface area contributed by atoms with Gasteiger partial charge in [0, 0.05) is 0 Å². The Balaban J connectivity index is 2.35. The Kier molecular flexibility index (Phi) is 5.57. The highest BCUT2D eigenvalue weighted by Gasteiger charge is 2.58. The molecule has 2 rings (SSSR count). The zero-order valence-electron chi connectivity index (χ0n) is 13.9. The van der Waals surface area contributed by atoms with Crippen molar-refractivity contribution >= 4 is 33.4 Å². The smallest absolute Gasteiger partial charge is 0.424 e. The van der Waals surface area contributed by atoms with Crippen molar-refractivity contribution < 1.29 is 33.0 Å². The van der Waals surface area contributed by atoms with Crippen molar-refractivity contribution in [3.05, 3.63) is 29.3 Å². The number of hydrogen-bond acceptors (Lipinski definition) is 5. The molecule has 0 saturated carbocycles. The average molecular weight is 390 g/mol. The normalized spacial score (nSPS) is 15.7. The van der Waals surface area contributed by atoms with E-state index in [1.54, 1.807) is 18.2 Å². The average Bonchev–Trinajstić information content (AvgIpc) is 2.95. The molecular weight excluding hydrogens is 373 g/mol. The summed E-state index contributed by atoms with van der Waals surface area (Å²) >= 11 is 0.627. The van der Waals surface area contributed by atoms with Crippen molar-refractivity contribution in [1.29, 1.82) is 0 Å². The highest BCUT2D eigenvalue weighted by Crippen LogP contribution is 2.44. The van der Waals surface area contributed by atoms with Crippen LogP contribution >= 0.6 is 11.3 Å². The Hall–Kier alpha value is -2.20. The molecule has 6 nitrogen and oxygen atoms in total. The predicted octanol–water partition coefficient (Wildman–Crippen LogP) is 2.66. The van der Waals surface area contributed by atoms with Crippen molar-refractivity contribution in [3.8, 4) is 0 Å². The summed E-state index contributed by atoms with van der Waals surface area (Å²) in [7, 11) is 0. The molecule has 0 bridgehead atoms. The molecular formula is C16H17F3N2O4S. The molecule has 0 aliphatic carbocycles. The molecule has 142 valence electrons. The number of fused-ring (bicyclic) bond motifs is 1. The van der Waals surface area contributed by atoms with E-state index in [1.807, 2.05) is 5.32 Å². The van der Waals surface area contributed by atoms with Gasteiger partial charge in [-0.25, -0.2) is 9.78 Å². The third-order valence-electron chi connectivity index (χ3n) is 3.78. The largest absolute Gasteiger partial charge is 0.480 e. The van der Waals surface area contributed by atoms with Crippen LogP contribution in [0, 0.1) is 5.92 Å². The third kappa shape index (κ3) is 3.96. The van der Waals surface area contributed by atoms with E-state index in [9.17, 15) is 27.9 Å². The standard InChI is InChI=1S/C16H17F3N2O4S/c1-8(2)12(13(23)24)21-11(22)7-15(25,16(17,18)19)14-20-9-5-3-4-6-10(9)26-14/h3-6,8,12,25H,7H2,1-2H3,(H,21,22)(H,23,24). The van der Waals surface area contributed by atoms with E-state index < -0.39 is 47.0 Å². The molecule has 26 heavy (non-hydrogen) atoms. The summed E-state index contributed by atoms with van der Waals surface area (Å²) < 4.78 is 41.1. The zero-order chi connectivity index (χ0) is 19.7. The number of amides is 1. The minimum Gasteiger partial charge on any atom is -0.480 e. The Morgan fingerprint density at radius 3 is 2.38 bits per heavy atom. The number of nitrogens with one attached hydrogen (secondary N) is 1. The number of rotatable bonds is 6. The van der Waals surface area contributed by atoms with Crippen LogP contribution in [0.15, 0.2) is 24.3 Å². The Bertz CT molecular complexity index is 788. The van der Waals surface area contributed by atoms with Crippen LogP contribution in [0.1, 0.15) is 25.3 Å². The number of benzene rings is 1. The molecule has 0 spiro atoms. The molecule has 0 aliphatic rings. The molecule has 3 N–H and O–H groups in total. The summed E-state index contributed by atoms with van der Waals surface area (Å²) in [5.41, 5.74) is -3.25. The molecule has 1 heterocycles. The Labute approximate surface area is 150 Å². The molecule has 0 aliphatic heterocycles. The number of carbonyl (C=O) groups is 2. The summed E-state index contributed by atoms with van der Waals surface area (Å²) in [6, 6.07) is 4.88. The number of aliphatic carboxylic acids is 1. The summed E-state index contributed by atoms with van der Waals surface area (Å²) in [5.74, 6) is -3.15. The van der Waals surface area contributed by atoms with Crippen LogP contribution in [-0.4, -0.2) is 39.3 Å². The van der Waals surface area contributed by atoms with Gasteiger partial charge in [0.2, 0.25) is 11.5 Å². The lowest BCUT2D eigenvalue weighted by molar-refractivity contribution is -0.267. The SMILES string of the molecule is CC(C)C(NC(=O)CC(O)(c1nc2ccccc2s1)C(F)(F)F)C(=O)O. The second-order valence-corrected chi connectivity index (χ2v) is 7.18. The first-order valence-corrected chi connectivity index (χ1v) is 8.44. The molecule has 1 aromatic heterocycles. The summed E-state index contributed by atoms with van der Waals surface area (Å²) in [6.45, 7) is 3.01. The van der Waals surface area contributed by atoms with Crippen LogP contribution in [0.5, 0.6) is 0 Å². The lowest BCUT2D eigenvalue weighted by Crippen LogP contribution is -2.50. The minimum atomic E-state index is -5.17. The zero-order valence-corrected chi connectivity index (χ0v) is 14.7. The van der Waals surface area contributed by atoms with Gasteiger partial charge in [0.1, 0.15) is 11.0 Å². The van der Waals surface area contributed by atoms with E-state index >= 15 is 0 Å². The van der Waals surface area contributed by atoms with Crippen LogP contribution in [0.25, 0.3) is 10.2 Å². The van der Waals surface area contributed by atoms with Gasteiger partial charge in [0.15, 0.2) is 0 Å². The first-order valence-electron chi connectivity index (χ1n) is 7.63.